The zero-order chi connectivity index (χ0) is 13.0. The fourth-order valence-electron chi connectivity index (χ4n) is 1.68. The zero-order valence-corrected chi connectivity index (χ0v) is 10.9. The van der Waals surface area contributed by atoms with Crippen LogP contribution in [0.2, 0.25) is 0 Å². The molecule has 0 bridgehead atoms. The van der Waals surface area contributed by atoms with Crippen LogP contribution in [0.15, 0.2) is 18.2 Å². The van der Waals surface area contributed by atoms with E-state index in [2.05, 4.69) is 0 Å². The van der Waals surface area contributed by atoms with Gasteiger partial charge in [-0.1, -0.05) is 6.07 Å². The molecule has 17 heavy (non-hydrogen) atoms. The first kappa shape index (κ1) is 13.9. The minimum absolute atomic E-state index is 0.121. The molecule has 0 spiro atoms. The summed E-state index contributed by atoms with van der Waals surface area (Å²) in [6.07, 6.45) is 0. The third-order valence-electron chi connectivity index (χ3n) is 2.95. The molecule has 0 fully saturated rings. The van der Waals surface area contributed by atoms with Crippen LogP contribution in [0.5, 0.6) is 0 Å². The summed E-state index contributed by atoms with van der Waals surface area (Å²) >= 11 is 0. The van der Waals surface area contributed by atoms with Gasteiger partial charge >= 0.3 is 0 Å². The average molecular weight is 240 g/mol. The molecular weight excluding hydrogens is 219 g/mol. The predicted molar refractivity (Wildman–Crippen MR) is 68.7 cm³/mol. The maximum Gasteiger partial charge on any atom is 0.146 e. The monoisotopic (exact) mass is 240 g/mol. The Morgan fingerprint density at radius 1 is 1.41 bits per heavy atom. The van der Waals surface area contributed by atoms with Crippen molar-refractivity contribution < 1.29 is 9.13 Å². The highest BCUT2D eigenvalue weighted by molar-refractivity contribution is 5.49. The standard InChI is InChI=1S/C13H21FN2O/c1-9(8-17-4)16(3)13-6-5-11(10(2)15)7-12(13)14/h5-7,9-10H,8,15H2,1-4H3/t9?,10-/m0/s1. The van der Waals surface area contributed by atoms with E-state index >= 15 is 0 Å². The van der Waals surface area contributed by atoms with E-state index in [1.807, 2.05) is 31.9 Å². The first-order valence-corrected chi connectivity index (χ1v) is 5.74. The van der Waals surface area contributed by atoms with Gasteiger partial charge in [-0.3, -0.25) is 0 Å². The van der Waals surface area contributed by atoms with Crippen LogP contribution >= 0.6 is 0 Å². The van der Waals surface area contributed by atoms with Gasteiger partial charge in [-0.15, -0.1) is 0 Å². The van der Waals surface area contributed by atoms with Gasteiger partial charge in [-0.05, 0) is 31.5 Å². The van der Waals surface area contributed by atoms with E-state index in [1.165, 1.54) is 6.07 Å². The Balaban J connectivity index is 2.91. The third-order valence-corrected chi connectivity index (χ3v) is 2.95. The van der Waals surface area contributed by atoms with Crippen molar-refractivity contribution in [3.8, 4) is 0 Å². The summed E-state index contributed by atoms with van der Waals surface area (Å²) < 4.78 is 19.0. The molecule has 1 unspecified atom stereocenters. The minimum atomic E-state index is -0.245. The molecule has 4 heteroatoms. The van der Waals surface area contributed by atoms with Crippen molar-refractivity contribution in [2.45, 2.75) is 25.9 Å². The lowest BCUT2D eigenvalue weighted by Crippen LogP contribution is -2.33. The molecule has 0 radical (unpaired) electrons. The Hall–Kier alpha value is -1.13. The molecule has 3 nitrogen and oxygen atoms in total. The van der Waals surface area contributed by atoms with E-state index < -0.39 is 0 Å². The molecule has 0 heterocycles. The number of rotatable bonds is 5. The van der Waals surface area contributed by atoms with E-state index in [0.29, 0.717) is 12.3 Å². The summed E-state index contributed by atoms with van der Waals surface area (Å²) in [6.45, 7) is 4.39. The molecule has 0 saturated carbocycles. The summed E-state index contributed by atoms with van der Waals surface area (Å²) in [5.74, 6) is -0.245. The first-order valence-electron chi connectivity index (χ1n) is 5.74. The number of likely N-dealkylation sites (N-methyl/N-ethyl adjacent to an activating group) is 1. The summed E-state index contributed by atoms with van der Waals surface area (Å²) in [4.78, 5) is 1.86. The molecule has 0 aliphatic rings. The molecule has 2 N–H and O–H groups in total. The Labute approximate surface area is 102 Å². The van der Waals surface area contributed by atoms with Gasteiger partial charge in [-0.25, -0.2) is 4.39 Å². The highest BCUT2D eigenvalue weighted by Crippen LogP contribution is 2.23. The number of methoxy groups -OCH3 is 1. The summed E-state index contributed by atoms with van der Waals surface area (Å²) in [5.41, 5.74) is 7.09. The van der Waals surface area contributed by atoms with Gasteiger partial charge in [0.1, 0.15) is 5.82 Å². The number of anilines is 1. The lowest BCUT2D eigenvalue weighted by atomic mass is 10.1. The van der Waals surface area contributed by atoms with Crippen LogP contribution in [-0.2, 0) is 4.74 Å². The summed E-state index contributed by atoms with van der Waals surface area (Å²) in [7, 11) is 3.49. The number of nitrogens with two attached hydrogens (primary N) is 1. The van der Waals surface area contributed by atoms with Crippen molar-refractivity contribution in [3.63, 3.8) is 0 Å². The lowest BCUT2D eigenvalue weighted by molar-refractivity contribution is 0.183. The van der Waals surface area contributed by atoms with E-state index in [4.69, 9.17) is 10.5 Å². The number of benzene rings is 1. The quantitative estimate of drug-likeness (QED) is 0.858. The van der Waals surface area contributed by atoms with Crippen LogP contribution in [0.25, 0.3) is 0 Å². The molecule has 0 amide bonds. The van der Waals surface area contributed by atoms with E-state index in [-0.39, 0.29) is 17.9 Å². The number of hydrogen-bond acceptors (Lipinski definition) is 3. The summed E-state index contributed by atoms with van der Waals surface area (Å²) in [5, 5.41) is 0. The SMILES string of the molecule is COCC(C)N(C)c1ccc([C@H](C)N)cc1F. The molecule has 0 aliphatic heterocycles. The molecule has 0 saturated heterocycles. The van der Waals surface area contributed by atoms with Crippen molar-refractivity contribution in [1.82, 2.24) is 0 Å². The minimum Gasteiger partial charge on any atom is -0.383 e. The second-order valence-electron chi connectivity index (χ2n) is 4.41. The summed E-state index contributed by atoms with van der Waals surface area (Å²) in [6, 6.07) is 5.09. The molecule has 0 aromatic heterocycles. The van der Waals surface area contributed by atoms with Crippen molar-refractivity contribution in [2.24, 2.45) is 5.73 Å². The fraction of sp³-hybridized carbons (Fsp3) is 0.538. The Bertz CT molecular complexity index is 368. The van der Waals surface area contributed by atoms with E-state index in [1.54, 1.807) is 13.2 Å². The van der Waals surface area contributed by atoms with Crippen molar-refractivity contribution in [1.29, 1.82) is 0 Å². The first-order chi connectivity index (χ1) is 7.97. The van der Waals surface area contributed by atoms with Crippen LogP contribution in [0.4, 0.5) is 10.1 Å². The van der Waals surface area contributed by atoms with Crippen LogP contribution in [0, 0.1) is 5.82 Å². The Morgan fingerprint density at radius 3 is 2.53 bits per heavy atom. The number of nitrogens with zero attached hydrogens (tertiary/aromatic N) is 1. The van der Waals surface area contributed by atoms with Gasteiger partial charge < -0.3 is 15.4 Å². The maximum absolute atomic E-state index is 13.9. The maximum atomic E-state index is 13.9. The van der Waals surface area contributed by atoms with Gasteiger partial charge in [-0.2, -0.15) is 0 Å². The average Bonchev–Trinajstić information content (AvgIpc) is 2.28. The largest absolute Gasteiger partial charge is 0.383 e. The normalized spacial score (nSPS) is 14.5. The number of ether oxygens (including phenoxy) is 1. The van der Waals surface area contributed by atoms with Gasteiger partial charge in [0.2, 0.25) is 0 Å². The van der Waals surface area contributed by atoms with Crippen LogP contribution < -0.4 is 10.6 Å². The van der Waals surface area contributed by atoms with Gasteiger partial charge in [0.05, 0.1) is 12.3 Å². The van der Waals surface area contributed by atoms with Crippen molar-refractivity contribution in [2.75, 3.05) is 25.7 Å². The topological polar surface area (TPSA) is 38.5 Å². The molecule has 96 valence electrons. The Morgan fingerprint density at radius 2 is 2.06 bits per heavy atom. The molecule has 0 aliphatic carbocycles. The molecule has 2 atom stereocenters. The smallest absolute Gasteiger partial charge is 0.146 e. The molecule has 1 rings (SSSR count). The Kier molecular flexibility index (Phi) is 4.90. The van der Waals surface area contributed by atoms with Crippen LogP contribution in [0.3, 0.4) is 0 Å². The van der Waals surface area contributed by atoms with Gasteiger partial charge in [0.25, 0.3) is 0 Å². The highest BCUT2D eigenvalue weighted by Gasteiger charge is 2.14. The molecule has 1 aromatic carbocycles. The van der Waals surface area contributed by atoms with Crippen LogP contribution in [0.1, 0.15) is 25.5 Å². The lowest BCUT2D eigenvalue weighted by Gasteiger charge is -2.27. The van der Waals surface area contributed by atoms with Gasteiger partial charge in [0.15, 0.2) is 0 Å². The third kappa shape index (κ3) is 3.41. The molecular formula is C13H21FN2O. The van der Waals surface area contributed by atoms with E-state index in [9.17, 15) is 4.39 Å². The van der Waals surface area contributed by atoms with Crippen molar-refractivity contribution in [3.05, 3.63) is 29.6 Å². The van der Waals surface area contributed by atoms with Crippen LogP contribution in [-0.4, -0.2) is 26.8 Å². The fourth-order valence-corrected chi connectivity index (χ4v) is 1.68. The number of hydrogen-bond donors (Lipinski definition) is 1. The number of halogens is 1. The van der Waals surface area contributed by atoms with Gasteiger partial charge in [0, 0.05) is 26.2 Å². The van der Waals surface area contributed by atoms with Crippen molar-refractivity contribution >= 4 is 5.69 Å². The predicted octanol–water partition coefficient (Wildman–Crippen LogP) is 2.32. The second-order valence-corrected chi connectivity index (χ2v) is 4.41. The second kappa shape index (κ2) is 5.98. The molecule has 1 aromatic rings. The van der Waals surface area contributed by atoms with E-state index in [0.717, 1.165) is 5.56 Å². The zero-order valence-electron chi connectivity index (χ0n) is 10.9. The highest BCUT2D eigenvalue weighted by atomic mass is 19.1.